The average molecular weight is 226 g/mol. The van der Waals surface area contributed by atoms with Gasteiger partial charge in [0.25, 0.3) is 0 Å². The van der Waals surface area contributed by atoms with E-state index in [1.807, 2.05) is 6.92 Å². The van der Waals surface area contributed by atoms with E-state index in [9.17, 15) is 0 Å². The van der Waals surface area contributed by atoms with Crippen LogP contribution in [0.1, 0.15) is 37.3 Å². The van der Waals surface area contributed by atoms with Crippen LogP contribution in [0.5, 0.6) is 0 Å². The molecule has 0 fully saturated rings. The average Bonchev–Trinajstić information content (AvgIpc) is 2.22. The molecule has 15 heavy (non-hydrogen) atoms. The molecule has 0 radical (unpaired) electrons. The van der Waals surface area contributed by atoms with E-state index in [0.717, 1.165) is 30.1 Å². The monoisotopic (exact) mass is 225 g/mol. The van der Waals surface area contributed by atoms with Crippen LogP contribution in [0.2, 0.25) is 5.02 Å². The molecule has 0 heterocycles. The Kier molecular flexibility index (Phi) is 5.13. The fourth-order valence-corrected chi connectivity index (χ4v) is 1.77. The fraction of sp³-hybridized carbons (Fsp3) is 0.538. The first kappa shape index (κ1) is 12.5. The summed E-state index contributed by atoms with van der Waals surface area (Å²) in [5.41, 5.74) is 2.49. The minimum absolute atomic E-state index is 0.571. The number of nitrogens with one attached hydrogen (secondary N) is 1. The van der Waals surface area contributed by atoms with Crippen molar-refractivity contribution in [2.75, 3.05) is 13.1 Å². The van der Waals surface area contributed by atoms with Crippen LogP contribution in [0.25, 0.3) is 0 Å². The molecule has 1 N–H and O–H groups in total. The molecule has 2 heteroatoms. The zero-order valence-corrected chi connectivity index (χ0v) is 10.6. The van der Waals surface area contributed by atoms with Gasteiger partial charge < -0.3 is 5.32 Å². The Morgan fingerprint density at radius 2 is 2.13 bits per heavy atom. The molecule has 0 aliphatic carbocycles. The maximum atomic E-state index is 6.10. The van der Waals surface area contributed by atoms with Crippen molar-refractivity contribution >= 4 is 11.6 Å². The Morgan fingerprint density at radius 1 is 1.40 bits per heavy atom. The summed E-state index contributed by atoms with van der Waals surface area (Å²) in [4.78, 5) is 0. The van der Waals surface area contributed by atoms with Crippen LogP contribution >= 0.6 is 11.6 Å². The highest BCUT2D eigenvalue weighted by molar-refractivity contribution is 6.31. The Hall–Kier alpha value is -0.530. The summed E-state index contributed by atoms with van der Waals surface area (Å²) in [5.74, 6) is 0.571. The van der Waals surface area contributed by atoms with Crippen LogP contribution in [0.15, 0.2) is 18.2 Å². The van der Waals surface area contributed by atoms with Crippen LogP contribution in [-0.4, -0.2) is 13.1 Å². The van der Waals surface area contributed by atoms with Gasteiger partial charge in [-0.3, -0.25) is 0 Å². The summed E-state index contributed by atoms with van der Waals surface area (Å²) >= 11 is 6.10. The van der Waals surface area contributed by atoms with Crippen LogP contribution in [-0.2, 0) is 0 Å². The number of halogens is 1. The van der Waals surface area contributed by atoms with E-state index in [1.54, 1.807) is 0 Å². The largest absolute Gasteiger partial charge is 0.317 e. The minimum atomic E-state index is 0.571. The smallest absolute Gasteiger partial charge is 0.0438 e. The van der Waals surface area contributed by atoms with Crippen molar-refractivity contribution < 1.29 is 0 Å². The summed E-state index contributed by atoms with van der Waals surface area (Å²) in [6.07, 6.45) is 1.16. The number of hydrogen-bond acceptors (Lipinski definition) is 1. The zero-order chi connectivity index (χ0) is 11.3. The predicted octanol–water partition coefficient (Wildman–Crippen LogP) is 3.75. The second-order valence-corrected chi connectivity index (χ2v) is 4.46. The van der Waals surface area contributed by atoms with Crippen molar-refractivity contribution in [2.24, 2.45) is 0 Å². The number of hydrogen-bond donors (Lipinski definition) is 1. The first-order valence-electron chi connectivity index (χ1n) is 5.62. The second-order valence-electron chi connectivity index (χ2n) is 4.05. The van der Waals surface area contributed by atoms with Gasteiger partial charge in [0.1, 0.15) is 0 Å². The van der Waals surface area contributed by atoms with Crippen LogP contribution < -0.4 is 5.32 Å². The van der Waals surface area contributed by atoms with E-state index < -0.39 is 0 Å². The fourth-order valence-electron chi connectivity index (χ4n) is 1.58. The lowest BCUT2D eigenvalue weighted by molar-refractivity contribution is 0.608. The third-order valence-electron chi connectivity index (χ3n) is 2.77. The molecule has 1 unspecified atom stereocenters. The molecule has 0 saturated heterocycles. The number of aryl methyl sites for hydroxylation is 1. The lowest BCUT2D eigenvalue weighted by Gasteiger charge is -2.13. The van der Waals surface area contributed by atoms with Gasteiger partial charge >= 0.3 is 0 Å². The van der Waals surface area contributed by atoms with Crippen LogP contribution in [0.4, 0.5) is 0 Å². The lowest BCUT2D eigenvalue weighted by Crippen LogP contribution is -2.15. The first-order chi connectivity index (χ1) is 7.15. The van der Waals surface area contributed by atoms with Crippen LogP contribution in [0.3, 0.4) is 0 Å². The molecular weight excluding hydrogens is 206 g/mol. The van der Waals surface area contributed by atoms with Gasteiger partial charge in [-0.2, -0.15) is 0 Å². The van der Waals surface area contributed by atoms with Gasteiger partial charge in [-0.05, 0) is 49.5 Å². The van der Waals surface area contributed by atoms with Gasteiger partial charge in [0.2, 0.25) is 0 Å². The van der Waals surface area contributed by atoms with Gasteiger partial charge in [0.15, 0.2) is 0 Å². The second kappa shape index (κ2) is 6.14. The highest BCUT2D eigenvalue weighted by Gasteiger charge is 2.06. The molecule has 0 aliphatic rings. The van der Waals surface area contributed by atoms with Gasteiger partial charge in [0.05, 0.1) is 0 Å². The predicted molar refractivity (Wildman–Crippen MR) is 67.8 cm³/mol. The maximum Gasteiger partial charge on any atom is 0.0438 e. The van der Waals surface area contributed by atoms with Crippen molar-refractivity contribution in [2.45, 2.75) is 33.1 Å². The lowest BCUT2D eigenvalue weighted by atomic mass is 9.97. The Bertz CT molecular complexity index is 309. The first-order valence-corrected chi connectivity index (χ1v) is 5.99. The third-order valence-corrected chi connectivity index (χ3v) is 3.18. The van der Waals surface area contributed by atoms with E-state index in [0.29, 0.717) is 5.92 Å². The Morgan fingerprint density at radius 3 is 2.73 bits per heavy atom. The third kappa shape index (κ3) is 3.84. The molecule has 84 valence electrons. The normalized spacial score (nSPS) is 12.8. The van der Waals surface area contributed by atoms with E-state index in [1.165, 1.54) is 5.56 Å². The molecule has 0 saturated carbocycles. The van der Waals surface area contributed by atoms with E-state index in [4.69, 9.17) is 11.6 Å². The number of benzene rings is 1. The van der Waals surface area contributed by atoms with Gasteiger partial charge in [-0.15, -0.1) is 0 Å². The highest BCUT2D eigenvalue weighted by atomic mass is 35.5. The molecule has 1 rings (SSSR count). The molecule has 0 aromatic heterocycles. The standard InChI is InChI=1S/C13H20ClN/c1-4-15-8-7-10(2)12-6-5-11(3)13(14)9-12/h5-6,9-10,15H,4,7-8H2,1-3H3. The molecule has 1 nitrogen and oxygen atoms in total. The Labute approximate surface area is 97.8 Å². The summed E-state index contributed by atoms with van der Waals surface area (Å²) < 4.78 is 0. The maximum absolute atomic E-state index is 6.10. The molecule has 0 aliphatic heterocycles. The van der Waals surface area contributed by atoms with Crippen molar-refractivity contribution in [3.05, 3.63) is 34.3 Å². The van der Waals surface area contributed by atoms with Crippen LogP contribution in [0, 0.1) is 6.92 Å². The molecule has 1 atom stereocenters. The molecule has 1 aromatic rings. The molecule has 0 bridgehead atoms. The van der Waals surface area contributed by atoms with Gasteiger partial charge in [0, 0.05) is 5.02 Å². The van der Waals surface area contributed by atoms with Gasteiger partial charge in [-0.1, -0.05) is 37.6 Å². The summed E-state index contributed by atoms with van der Waals surface area (Å²) in [7, 11) is 0. The van der Waals surface area contributed by atoms with E-state index in [2.05, 4.69) is 37.4 Å². The molecule has 0 amide bonds. The van der Waals surface area contributed by atoms with E-state index >= 15 is 0 Å². The zero-order valence-electron chi connectivity index (χ0n) is 9.81. The van der Waals surface area contributed by atoms with Crippen molar-refractivity contribution in [1.82, 2.24) is 5.32 Å². The minimum Gasteiger partial charge on any atom is -0.317 e. The molecule has 0 spiro atoms. The quantitative estimate of drug-likeness (QED) is 0.753. The summed E-state index contributed by atoms with van der Waals surface area (Å²) in [6.45, 7) is 8.53. The highest BCUT2D eigenvalue weighted by Crippen LogP contribution is 2.24. The van der Waals surface area contributed by atoms with Crippen molar-refractivity contribution in [1.29, 1.82) is 0 Å². The molecule has 1 aromatic carbocycles. The topological polar surface area (TPSA) is 12.0 Å². The Balaban J connectivity index is 2.57. The van der Waals surface area contributed by atoms with E-state index in [-0.39, 0.29) is 0 Å². The van der Waals surface area contributed by atoms with Gasteiger partial charge in [-0.25, -0.2) is 0 Å². The molecular formula is C13H20ClN. The van der Waals surface area contributed by atoms with Crippen molar-refractivity contribution in [3.8, 4) is 0 Å². The number of rotatable bonds is 5. The summed E-state index contributed by atoms with van der Waals surface area (Å²) in [6, 6.07) is 6.37. The SMILES string of the molecule is CCNCCC(C)c1ccc(C)c(Cl)c1. The van der Waals surface area contributed by atoms with Crippen molar-refractivity contribution in [3.63, 3.8) is 0 Å². The summed E-state index contributed by atoms with van der Waals surface area (Å²) in [5, 5.41) is 4.22.